The summed E-state index contributed by atoms with van der Waals surface area (Å²) in [5.41, 5.74) is 4.92. The van der Waals surface area contributed by atoms with Crippen molar-refractivity contribution >= 4 is 34.3 Å². The monoisotopic (exact) mass is 391 g/mol. The molecule has 0 atom stereocenters. The third-order valence-electron chi connectivity index (χ3n) is 5.47. The summed E-state index contributed by atoms with van der Waals surface area (Å²) < 4.78 is 0. The lowest BCUT2D eigenvalue weighted by Crippen LogP contribution is -2.49. The largest absolute Gasteiger partial charge is 0.368 e. The molecule has 1 aromatic heterocycles. The van der Waals surface area contributed by atoms with Gasteiger partial charge in [0.15, 0.2) is 0 Å². The van der Waals surface area contributed by atoms with Crippen molar-refractivity contribution in [2.45, 2.75) is 18.9 Å². The van der Waals surface area contributed by atoms with Crippen molar-refractivity contribution in [3.8, 4) is 0 Å². The summed E-state index contributed by atoms with van der Waals surface area (Å²) in [7, 11) is 0. The fourth-order valence-electron chi connectivity index (χ4n) is 3.63. The van der Waals surface area contributed by atoms with E-state index in [0.717, 1.165) is 42.1 Å². The Balaban J connectivity index is 1.33. The van der Waals surface area contributed by atoms with Gasteiger partial charge < -0.3 is 9.80 Å². The number of aryl methyl sites for hydroxylation is 1. The first-order valence-electron chi connectivity index (χ1n) is 9.69. The SMILES string of the molecule is Cc1cccc(N2CCN(C(=O)CSc3ccc4ccccc4n3)CC2)c1C. The molecule has 1 fully saturated rings. The summed E-state index contributed by atoms with van der Waals surface area (Å²) in [5.74, 6) is 0.634. The predicted octanol–water partition coefficient (Wildman–Crippen LogP) is 4.29. The highest BCUT2D eigenvalue weighted by Gasteiger charge is 2.22. The van der Waals surface area contributed by atoms with Gasteiger partial charge in [-0.25, -0.2) is 4.98 Å². The maximum Gasteiger partial charge on any atom is 0.233 e. The van der Waals surface area contributed by atoms with Crippen LogP contribution in [0.1, 0.15) is 11.1 Å². The lowest BCUT2D eigenvalue weighted by Gasteiger charge is -2.37. The van der Waals surface area contributed by atoms with Gasteiger partial charge in [0.2, 0.25) is 5.91 Å². The van der Waals surface area contributed by atoms with E-state index in [0.29, 0.717) is 5.75 Å². The van der Waals surface area contributed by atoms with Crippen LogP contribution >= 0.6 is 11.8 Å². The number of thioether (sulfide) groups is 1. The van der Waals surface area contributed by atoms with Crippen LogP contribution in [-0.2, 0) is 4.79 Å². The standard InChI is InChI=1S/C23H25N3OS/c1-17-6-5-9-21(18(17)2)25-12-14-26(15-13-25)23(27)16-28-22-11-10-19-7-3-4-8-20(19)24-22/h3-11H,12-16H2,1-2H3. The molecule has 3 aromatic rings. The van der Waals surface area contributed by atoms with Gasteiger partial charge in [0.1, 0.15) is 0 Å². The van der Waals surface area contributed by atoms with E-state index in [1.54, 1.807) is 0 Å². The molecule has 5 heteroatoms. The second kappa shape index (κ2) is 8.23. The van der Waals surface area contributed by atoms with Crippen molar-refractivity contribution in [1.82, 2.24) is 9.88 Å². The van der Waals surface area contributed by atoms with E-state index in [4.69, 9.17) is 0 Å². The molecule has 1 amide bonds. The zero-order valence-electron chi connectivity index (χ0n) is 16.4. The van der Waals surface area contributed by atoms with E-state index in [1.807, 2.05) is 29.2 Å². The number of pyridine rings is 1. The number of aromatic nitrogens is 1. The zero-order valence-corrected chi connectivity index (χ0v) is 17.2. The average Bonchev–Trinajstić information content (AvgIpc) is 2.74. The third kappa shape index (κ3) is 3.99. The molecular weight excluding hydrogens is 366 g/mol. The Labute approximate surface area is 170 Å². The van der Waals surface area contributed by atoms with Crippen LogP contribution in [0.5, 0.6) is 0 Å². The molecule has 2 heterocycles. The molecule has 0 bridgehead atoms. The van der Waals surface area contributed by atoms with Crippen LogP contribution in [0.4, 0.5) is 5.69 Å². The first-order chi connectivity index (χ1) is 13.6. The Bertz CT molecular complexity index is 996. The molecule has 4 rings (SSSR count). The number of hydrogen-bond donors (Lipinski definition) is 0. The first-order valence-corrected chi connectivity index (χ1v) is 10.7. The highest BCUT2D eigenvalue weighted by molar-refractivity contribution is 7.99. The maximum absolute atomic E-state index is 12.7. The highest BCUT2D eigenvalue weighted by atomic mass is 32.2. The van der Waals surface area contributed by atoms with E-state index >= 15 is 0 Å². The smallest absolute Gasteiger partial charge is 0.233 e. The number of anilines is 1. The second-order valence-electron chi connectivity index (χ2n) is 7.22. The molecule has 1 aliphatic heterocycles. The van der Waals surface area contributed by atoms with E-state index in [-0.39, 0.29) is 5.91 Å². The quantitative estimate of drug-likeness (QED) is 0.622. The molecule has 0 aliphatic carbocycles. The molecule has 28 heavy (non-hydrogen) atoms. The summed E-state index contributed by atoms with van der Waals surface area (Å²) >= 11 is 1.52. The van der Waals surface area contributed by atoms with Gasteiger partial charge in [-0.1, -0.05) is 48.2 Å². The Morgan fingerprint density at radius 1 is 0.964 bits per heavy atom. The van der Waals surface area contributed by atoms with Crippen molar-refractivity contribution in [2.24, 2.45) is 0 Å². The van der Waals surface area contributed by atoms with Gasteiger partial charge in [0.05, 0.1) is 16.3 Å². The van der Waals surface area contributed by atoms with Gasteiger partial charge in [-0.2, -0.15) is 0 Å². The van der Waals surface area contributed by atoms with E-state index in [9.17, 15) is 4.79 Å². The average molecular weight is 392 g/mol. The number of amides is 1. The summed E-state index contributed by atoms with van der Waals surface area (Å²) in [6.07, 6.45) is 0. The van der Waals surface area contributed by atoms with Crippen molar-refractivity contribution in [3.05, 3.63) is 65.7 Å². The number of rotatable bonds is 4. The Hall–Kier alpha value is -2.53. The molecule has 4 nitrogen and oxygen atoms in total. The minimum absolute atomic E-state index is 0.195. The molecule has 0 unspecified atom stereocenters. The lowest BCUT2D eigenvalue weighted by molar-refractivity contribution is -0.128. The third-order valence-corrected chi connectivity index (χ3v) is 6.38. The van der Waals surface area contributed by atoms with Gasteiger partial charge >= 0.3 is 0 Å². The zero-order chi connectivity index (χ0) is 19.5. The van der Waals surface area contributed by atoms with Gasteiger partial charge in [0, 0.05) is 37.3 Å². The fourth-order valence-corrected chi connectivity index (χ4v) is 4.41. The number of para-hydroxylation sites is 1. The van der Waals surface area contributed by atoms with Crippen LogP contribution in [-0.4, -0.2) is 47.7 Å². The van der Waals surface area contributed by atoms with Crippen LogP contribution in [0.3, 0.4) is 0 Å². The topological polar surface area (TPSA) is 36.4 Å². The summed E-state index contributed by atoms with van der Waals surface area (Å²) in [4.78, 5) is 21.7. The number of fused-ring (bicyclic) bond motifs is 1. The van der Waals surface area contributed by atoms with Gasteiger partial charge in [-0.05, 0) is 43.2 Å². The number of benzene rings is 2. The molecule has 0 radical (unpaired) electrons. The summed E-state index contributed by atoms with van der Waals surface area (Å²) in [5, 5.41) is 2.03. The molecule has 1 aliphatic rings. The number of carbonyl (C=O) groups excluding carboxylic acids is 1. The fraction of sp³-hybridized carbons (Fsp3) is 0.304. The first kappa shape index (κ1) is 18.8. The Morgan fingerprint density at radius 2 is 1.75 bits per heavy atom. The predicted molar refractivity (Wildman–Crippen MR) is 117 cm³/mol. The van der Waals surface area contributed by atoms with Crippen LogP contribution < -0.4 is 4.90 Å². The van der Waals surface area contributed by atoms with Crippen molar-refractivity contribution in [2.75, 3.05) is 36.8 Å². The highest BCUT2D eigenvalue weighted by Crippen LogP contribution is 2.24. The van der Waals surface area contributed by atoms with Crippen LogP contribution in [0.25, 0.3) is 10.9 Å². The molecule has 0 spiro atoms. The van der Waals surface area contributed by atoms with Crippen molar-refractivity contribution in [1.29, 1.82) is 0 Å². The Morgan fingerprint density at radius 3 is 2.57 bits per heavy atom. The van der Waals surface area contributed by atoms with Crippen molar-refractivity contribution in [3.63, 3.8) is 0 Å². The lowest BCUT2D eigenvalue weighted by atomic mass is 10.1. The molecule has 144 valence electrons. The van der Waals surface area contributed by atoms with Gasteiger partial charge in [-0.3, -0.25) is 4.79 Å². The van der Waals surface area contributed by atoms with Crippen LogP contribution in [0.15, 0.2) is 59.6 Å². The van der Waals surface area contributed by atoms with Gasteiger partial charge in [-0.15, -0.1) is 0 Å². The van der Waals surface area contributed by atoms with Crippen LogP contribution in [0, 0.1) is 13.8 Å². The Kier molecular flexibility index (Phi) is 5.53. The normalized spacial score (nSPS) is 14.5. The molecule has 1 saturated heterocycles. The molecular formula is C23H25N3OS. The van der Waals surface area contributed by atoms with E-state index in [2.05, 4.69) is 54.1 Å². The molecule has 0 N–H and O–H groups in total. The van der Waals surface area contributed by atoms with E-state index < -0.39 is 0 Å². The molecule has 2 aromatic carbocycles. The summed E-state index contributed by atoms with van der Waals surface area (Å²) in [6.45, 7) is 7.64. The van der Waals surface area contributed by atoms with Crippen LogP contribution in [0.2, 0.25) is 0 Å². The van der Waals surface area contributed by atoms with Crippen molar-refractivity contribution < 1.29 is 4.79 Å². The number of piperazine rings is 1. The number of carbonyl (C=O) groups is 1. The number of nitrogens with zero attached hydrogens (tertiary/aromatic N) is 3. The van der Waals surface area contributed by atoms with E-state index in [1.165, 1.54) is 28.6 Å². The minimum atomic E-state index is 0.195. The summed E-state index contributed by atoms with van der Waals surface area (Å²) in [6, 6.07) is 18.6. The van der Waals surface area contributed by atoms with Gasteiger partial charge in [0.25, 0.3) is 0 Å². The number of hydrogen-bond acceptors (Lipinski definition) is 4. The minimum Gasteiger partial charge on any atom is -0.368 e. The second-order valence-corrected chi connectivity index (χ2v) is 8.21. The molecule has 0 saturated carbocycles. The maximum atomic E-state index is 12.7.